The fourth-order valence-electron chi connectivity index (χ4n) is 2.93. The van der Waals surface area contributed by atoms with Crippen molar-refractivity contribution in [1.29, 1.82) is 0 Å². The van der Waals surface area contributed by atoms with Crippen LogP contribution in [0.1, 0.15) is 97.8 Å². The van der Waals surface area contributed by atoms with Crippen LogP contribution >= 0.6 is 0 Å². The molecule has 168 valence electrons. The van der Waals surface area contributed by atoms with Crippen molar-refractivity contribution >= 4 is 8.32 Å². The second-order valence-electron chi connectivity index (χ2n) is 9.71. The van der Waals surface area contributed by atoms with Crippen LogP contribution in [-0.2, 0) is 13.9 Å². The molecule has 0 heterocycles. The summed E-state index contributed by atoms with van der Waals surface area (Å²) in [6, 6.07) is 0. The van der Waals surface area contributed by atoms with E-state index in [-0.39, 0.29) is 0 Å². The third-order valence-electron chi connectivity index (χ3n) is 5.99. The number of rotatable bonds is 19. The first kappa shape index (κ1) is 27.8. The molecular formula is C24H50O3Si. The summed E-state index contributed by atoms with van der Waals surface area (Å²) in [6.45, 7) is 17.9. The summed E-state index contributed by atoms with van der Waals surface area (Å²) < 4.78 is 16.4. The van der Waals surface area contributed by atoms with Crippen molar-refractivity contribution in [1.82, 2.24) is 0 Å². The lowest BCUT2D eigenvalue weighted by Crippen LogP contribution is -2.41. The predicted molar refractivity (Wildman–Crippen MR) is 126 cm³/mol. The third-order valence-corrected chi connectivity index (χ3v) is 10.5. The van der Waals surface area contributed by atoms with Crippen molar-refractivity contribution in [2.45, 2.75) is 116 Å². The Kier molecular flexibility index (Phi) is 16.5. The second-order valence-corrected chi connectivity index (χ2v) is 14.5. The zero-order valence-corrected chi connectivity index (χ0v) is 21.0. The normalized spacial score (nSPS) is 12.5. The average Bonchev–Trinajstić information content (AvgIpc) is 2.61. The van der Waals surface area contributed by atoms with Crippen molar-refractivity contribution < 1.29 is 13.9 Å². The molecule has 0 N–H and O–H groups in total. The van der Waals surface area contributed by atoms with E-state index in [0.717, 1.165) is 26.1 Å². The maximum Gasteiger partial charge on any atom is 0.191 e. The molecule has 0 aliphatic heterocycles. The summed E-state index contributed by atoms with van der Waals surface area (Å²) >= 11 is 0. The molecule has 0 saturated heterocycles. The average molecular weight is 415 g/mol. The van der Waals surface area contributed by atoms with Gasteiger partial charge < -0.3 is 13.9 Å². The standard InChI is InChI=1S/C24H50O3Si/c1-23(19-21-27-28(6,7)24(2,3)4)18-16-14-12-10-8-9-11-13-15-17-20-26-22-25-5/h1,8-22H2,2-7H3. The van der Waals surface area contributed by atoms with E-state index in [2.05, 4.69) is 40.4 Å². The van der Waals surface area contributed by atoms with Crippen LogP contribution in [0.15, 0.2) is 12.2 Å². The van der Waals surface area contributed by atoms with Gasteiger partial charge in [-0.05, 0) is 43.8 Å². The molecule has 0 amide bonds. The van der Waals surface area contributed by atoms with Gasteiger partial charge >= 0.3 is 0 Å². The minimum absolute atomic E-state index is 0.298. The lowest BCUT2D eigenvalue weighted by Gasteiger charge is -2.36. The Balaban J connectivity index is 3.37. The van der Waals surface area contributed by atoms with Gasteiger partial charge in [0.05, 0.1) is 0 Å². The highest BCUT2D eigenvalue weighted by atomic mass is 28.4. The molecular weight excluding hydrogens is 364 g/mol. The van der Waals surface area contributed by atoms with Gasteiger partial charge in [-0.1, -0.05) is 84.3 Å². The molecule has 0 spiro atoms. The maximum absolute atomic E-state index is 6.25. The van der Waals surface area contributed by atoms with Crippen molar-refractivity contribution in [3.8, 4) is 0 Å². The first-order valence-electron chi connectivity index (χ1n) is 11.6. The van der Waals surface area contributed by atoms with Crippen molar-refractivity contribution in [3.63, 3.8) is 0 Å². The van der Waals surface area contributed by atoms with Crippen LogP contribution in [0.25, 0.3) is 0 Å². The minimum Gasteiger partial charge on any atom is -0.417 e. The molecule has 3 nitrogen and oxygen atoms in total. The van der Waals surface area contributed by atoms with E-state index < -0.39 is 8.32 Å². The van der Waals surface area contributed by atoms with Gasteiger partial charge in [-0.15, -0.1) is 0 Å². The zero-order chi connectivity index (χ0) is 21.3. The molecule has 0 aromatic carbocycles. The fourth-order valence-corrected chi connectivity index (χ4v) is 3.97. The Morgan fingerprint density at radius 3 is 1.75 bits per heavy atom. The quantitative estimate of drug-likeness (QED) is 0.0931. The van der Waals surface area contributed by atoms with Gasteiger partial charge in [0.25, 0.3) is 0 Å². The summed E-state index contributed by atoms with van der Waals surface area (Å²) in [4.78, 5) is 0. The van der Waals surface area contributed by atoms with E-state index in [4.69, 9.17) is 13.9 Å². The van der Waals surface area contributed by atoms with Gasteiger partial charge in [0.2, 0.25) is 0 Å². The molecule has 4 heteroatoms. The van der Waals surface area contributed by atoms with Crippen LogP contribution in [0.3, 0.4) is 0 Å². The topological polar surface area (TPSA) is 27.7 Å². The molecule has 0 aromatic rings. The predicted octanol–water partition coefficient (Wildman–Crippen LogP) is 7.87. The van der Waals surface area contributed by atoms with Gasteiger partial charge in [-0.2, -0.15) is 0 Å². The summed E-state index contributed by atoms with van der Waals surface area (Å²) in [5.41, 5.74) is 1.37. The molecule has 0 aromatic heterocycles. The SMILES string of the molecule is C=C(CCCCCCCCCCCCOCOC)CCO[Si](C)(C)C(C)(C)C. The number of hydrogen-bond acceptors (Lipinski definition) is 3. The fraction of sp³-hybridized carbons (Fsp3) is 0.917. The molecule has 0 unspecified atom stereocenters. The van der Waals surface area contributed by atoms with E-state index in [1.54, 1.807) is 7.11 Å². The number of methoxy groups -OCH3 is 1. The molecule has 0 fully saturated rings. The first-order valence-corrected chi connectivity index (χ1v) is 14.5. The van der Waals surface area contributed by atoms with Crippen LogP contribution in [0.4, 0.5) is 0 Å². The van der Waals surface area contributed by atoms with Gasteiger partial charge in [0, 0.05) is 20.3 Å². The Morgan fingerprint density at radius 2 is 1.25 bits per heavy atom. The lowest BCUT2D eigenvalue weighted by molar-refractivity contribution is -0.0315. The smallest absolute Gasteiger partial charge is 0.191 e. The molecule has 0 aliphatic rings. The number of ether oxygens (including phenoxy) is 2. The molecule has 0 aliphatic carbocycles. The molecule has 0 atom stereocenters. The summed E-state index contributed by atoms with van der Waals surface area (Å²) in [6.07, 6.45) is 15.5. The Bertz CT molecular complexity index is 375. The second kappa shape index (κ2) is 16.6. The van der Waals surface area contributed by atoms with Gasteiger partial charge in [-0.3, -0.25) is 0 Å². The summed E-state index contributed by atoms with van der Waals surface area (Å²) in [7, 11) is 0.0714. The molecule has 0 radical (unpaired) electrons. The monoisotopic (exact) mass is 414 g/mol. The Hall–Kier alpha value is -0.163. The van der Waals surface area contributed by atoms with Crippen molar-refractivity contribution in [2.24, 2.45) is 0 Å². The van der Waals surface area contributed by atoms with E-state index in [9.17, 15) is 0 Å². The van der Waals surface area contributed by atoms with E-state index in [0.29, 0.717) is 11.8 Å². The highest BCUT2D eigenvalue weighted by Gasteiger charge is 2.36. The summed E-state index contributed by atoms with van der Waals surface area (Å²) in [5.74, 6) is 0. The maximum atomic E-state index is 6.25. The van der Waals surface area contributed by atoms with Crippen LogP contribution in [0.2, 0.25) is 18.1 Å². The van der Waals surface area contributed by atoms with Crippen LogP contribution in [-0.4, -0.2) is 35.4 Å². The van der Waals surface area contributed by atoms with Crippen molar-refractivity contribution in [2.75, 3.05) is 27.1 Å². The first-order chi connectivity index (χ1) is 13.2. The highest BCUT2D eigenvalue weighted by Crippen LogP contribution is 2.36. The van der Waals surface area contributed by atoms with E-state index in [1.807, 2.05) is 0 Å². The molecule has 0 saturated carbocycles. The Labute approximate surface area is 177 Å². The number of unbranched alkanes of at least 4 members (excludes halogenated alkanes) is 9. The molecule has 0 bridgehead atoms. The van der Waals surface area contributed by atoms with Gasteiger partial charge in [0.15, 0.2) is 8.32 Å². The zero-order valence-electron chi connectivity index (χ0n) is 20.0. The third kappa shape index (κ3) is 15.7. The lowest BCUT2D eigenvalue weighted by atomic mass is 10.0. The largest absolute Gasteiger partial charge is 0.417 e. The van der Waals surface area contributed by atoms with Gasteiger partial charge in [-0.25, -0.2) is 0 Å². The van der Waals surface area contributed by atoms with Crippen LogP contribution < -0.4 is 0 Å². The Morgan fingerprint density at radius 1 is 0.750 bits per heavy atom. The van der Waals surface area contributed by atoms with Crippen LogP contribution in [0, 0.1) is 0 Å². The molecule has 28 heavy (non-hydrogen) atoms. The van der Waals surface area contributed by atoms with Crippen LogP contribution in [0.5, 0.6) is 0 Å². The molecule has 0 rings (SSSR count). The summed E-state index contributed by atoms with van der Waals surface area (Å²) in [5, 5.41) is 0.298. The van der Waals surface area contributed by atoms with E-state index in [1.165, 1.54) is 69.8 Å². The van der Waals surface area contributed by atoms with Crippen molar-refractivity contribution in [3.05, 3.63) is 12.2 Å². The number of hydrogen-bond donors (Lipinski definition) is 0. The van der Waals surface area contributed by atoms with E-state index >= 15 is 0 Å². The highest BCUT2D eigenvalue weighted by molar-refractivity contribution is 6.74. The van der Waals surface area contributed by atoms with Gasteiger partial charge in [0.1, 0.15) is 6.79 Å². The minimum atomic E-state index is -1.60.